The van der Waals surface area contributed by atoms with E-state index in [-0.39, 0.29) is 0 Å². The average Bonchev–Trinajstić information content (AvgIpc) is 2.28. The monoisotopic (exact) mass is 215 g/mol. The lowest BCUT2D eigenvalue weighted by atomic mass is 10.1. The summed E-state index contributed by atoms with van der Waals surface area (Å²) in [6.07, 6.45) is 0. The van der Waals surface area contributed by atoms with E-state index in [2.05, 4.69) is 0 Å². The molecule has 0 amide bonds. The van der Waals surface area contributed by atoms with Gasteiger partial charge in [-0.2, -0.15) is 0 Å². The molecule has 0 aromatic heterocycles. The van der Waals surface area contributed by atoms with Gasteiger partial charge in [-0.05, 0) is 29.8 Å². The SMILES string of the molecule is C[C@@H](N)C(=O)Oc1ccc2ccccc2c1. The molecule has 3 nitrogen and oxygen atoms in total. The fourth-order valence-electron chi connectivity index (χ4n) is 1.44. The fraction of sp³-hybridized carbons (Fsp3) is 0.154. The summed E-state index contributed by atoms with van der Waals surface area (Å²) < 4.78 is 5.12. The van der Waals surface area contributed by atoms with Crippen molar-refractivity contribution in [2.24, 2.45) is 5.73 Å². The van der Waals surface area contributed by atoms with E-state index in [1.165, 1.54) is 0 Å². The standard InChI is InChI=1S/C13H13NO2/c1-9(14)13(15)16-12-7-6-10-4-2-3-5-11(10)8-12/h2-9H,14H2,1H3/t9-/m1/s1. The van der Waals surface area contributed by atoms with Crippen molar-refractivity contribution in [3.63, 3.8) is 0 Å². The van der Waals surface area contributed by atoms with Crippen LogP contribution in [0.1, 0.15) is 6.92 Å². The molecule has 2 aromatic carbocycles. The highest BCUT2D eigenvalue weighted by atomic mass is 16.5. The number of benzene rings is 2. The lowest BCUT2D eigenvalue weighted by Gasteiger charge is -2.07. The van der Waals surface area contributed by atoms with E-state index in [9.17, 15) is 4.79 Å². The molecule has 2 N–H and O–H groups in total. The van der Waals surface area contributed by atoms with Crippen LogP contribution in [0, 0.1) is 0 Å². The minimum absolute atomic E-state index is 0.421. The first-order valence-corrected chi connectivity index (χ1v) is 5.13. The molecule has 2 aromatic rings. The lowest BCUT2D eigenvalue weighted by Crippen LogP contribution is -2.30. The third-order valence-electron chi connectivity index (χ3n) is 2.31. The van der Waals surface area contributed by atoms with Gasteiger partial charge in [-0.25, -0.2) is 4.79 Å². The van der Waals surface area contributed by atoms with Crippen molar-refractivity contribution in [1.82, 2.24) is 0 Å². The molecule has 0 fully saturated rings. The van der Waals surface area contributed by atoms with Crippen LogP contribution in [0.5, 0.6) is 5.75 Å². The first-order chi connectivity index (χ1) is 7.66. The molecular weight excluding hydrogens is 202 g/mol. The first kappa shape index (κ1) is 10.6. The second-order valence-corrected chi connectivity index (χ2v) is 3.72. The Morgan fingerprint density at radius 1 is 1.19 bits per heavy atom. The first-order valence-electron chi connectivity index (χ1n) is 5.13. The highest BCUT2D eigenvalue weighted by molar-refractivity contribution is 5.85. The molecule has 0 aliphatic heterocycles. The molecule has 82 valence electrons. The minimum Gasteiger partial charge on any atom is -0.425 e. The Hall–Kier alpha value is -1.87. The van der Waals surface area contributed by atoms with E-state index in [1.54, 1.807) is 13.0 Å². The molecule has 0 saturated heterocycles. The maximum absolute atomic E-state index is 11.3. The van der Waals surface area contributed by atoms with Gasteiger partial charge in [0.25, 0.3) is 0 Å². The van der Waals surface area contributed by atoms with Crippen LogP contribution in [-0.2, 0) is 4.79 Å². The summed E-state index contributed by atoms with van der Waals surface area (Å²) in [5, 5.41) is 2.15. The normalized spacial score (nSPS) is 12.4. The molecule has 1 atom stereocenters. The van der Waals surface area contributed by atoms with Crippen molar-refractivity contribution in [3.05, 3.63) is 42.5 Å². The Morgan fingerprint density at radius 3 is 2.56 bits per heavy atom. The maximum atomic E-state index is 11.3. The minimum atomic E-state index is -0.605. The molecule has 0 spiro atoms. The number of hydrogen-bond acceptors (Lipinski definition) is 3. The van der Waals surface area contributed by atoms with Crippen molar-refractivity contribution >= 4 is 16.7 Å². The third-order valence-corrected chi connectivity index (χ3v) is 2.31. The van der Waals surface area contributed by atoms with Crippen LogP contribution < -0.4 is 10.5 Å². The van der Waals surface area contributed by atoms with Crippen LogP contribution in [0.2, 0.25) is 0 Å². The summed E-state index contributed by atoms with van der Waals surface area (Å²) in [5.41, 5.74) is 5.42. The highest BCUT2D eigenvalue weighted by Gasteiger charge is 2.09. The van der Waals surface area contributed by atoms with E-state index in [0.29, 0.717) is 5.75 Å². The maximum Gasteiger partial charge on any atom is 0.328 e. The van der Waals surface area contributed by atoms with E-state index in [0.717, 1.165) is 10.8 Å². The summed E-state index contributed by atoms with van der Waals surface area (Å²) in [7, 11) is 0. The number of nitrogens with two attached hydrogens (primary N) is 1. The van der Waals surface area contributed by atoms with Gasteiger partial charge in [-0.3, -0.25) is 0 Å². The highest BCUT2D eigenvalue weighted by Crippen LogP contribution is 2.20. The van der Waals surface area contributed by atoms with Gasteiger partial charge in [0.05, 0.1) is 0 Å². The van der Waals surface area contributed by atoms with Gasteiger partial charge in [0.2, 0.25) is 0 Å². The van der Waals surface area contributed by atoms with Gasteiger partial charge < -0.3 is 10.5 Å². The number of ether oxygens (including phenoxy) is 1. The Bertz CT molecular complexity index is 520. The zero-order valence-corrected chi connectivity index (χ0v) is 9.01. The zero-order valence-electron chi connectivity index (χ0n) is 9.01. The molecule has 0 radical (unpaired) electrons. The van der Waals surface area contributed by atoms with Crippen molar-refractivity contribution in [3.8, 4) is 5.75 Å². The Kier molecular flexibility index (Phi) is 2.88. The molecule has 3 heteroatoms. The van der Waals surface area contributed by atoms with Gasteiger partial charge in [0.1, 0.15) is 11.8 Å². The molecule has 2 rings (SSSR count). The summed E-state index contributed by atoms with van der Waals surface area (Å²) in [5.74, 6) is 0.108. The van der Waals surface area contributed by atoms with Crippen molar-refractivity contribution in [2.75, 3.05) is 0 Å². The van der Waals surface area contributed by atoms with Crippen LogP contribution in [0.4, 0.5) is 0 Å². The third kappa shape index (κ3) is 2.20. The molecule has 0 heterocycles. The van der Waals surface area contributed by atoms with Crippen molar-refractivity contribution in [2.45, 2.75) is 13.0 Å². The number of esters is 1. The number of carbonyl (C=O) groups excluding carboxylic acids is 1. The number of rotatable bonds is 2. The number of hydrogen-bond donors (Lipinski definition) is 1. The van der Waals surface area contributed by atoms with E-state index < -0.39 is 12.0 Å². The molecular formula is C13H13NO2. The van der Waals surface area contributed by atoms with Crippen LogP contribution in [0.15, 0.2) is 42.5 Å². The van der Waals surface area contributed by atoms with Crippen LogP contribution in [0.3, 0.4) is 0 Å². The van der Waals surface area contributed by atoms with Crippen LogP contribution in [0.25, 0.3) is 10.8 Å². The van der Waals surface area contributed by atoms with E-state index in [4.69, 9.17) is 10.5 Å². The Balaban J connectivity index is 2.29. The summed E-state index contributed by atoms with van der Waals surface area (Å²) in [6.45, 7) is 1.60. The fourth-order valence-corrected chi connectivity index (χ4v) is 1.44. The van der Waals surface area contributed by atoms with Gasteiger partial charge in [0.15, 0.2) is 0 Å². The summed E-state index contributed by atoms with van der Waals surface area (Å²) in [6, 6.07) is 12.8. The molecule has 0 aliphatic carbocycles. The molecule has 0 bridgehead atoms. The van der Waals surface area contributed by atoms with Gasteiger partial charge >= 0.3 is 5.97 Å². The van der Waals surface area contributed by atoms with E-state index >= 15 is 0 Å². The number of fused-ring (bicyclic) bond motifs is 1. The predicted octanol–water partition coefficient (Wildman–Crippen LogP) is 2.09. The molecule has 0 saturated carbocycles. The van der Waals surface area contributed by atoms with Crippen molar-refractivity contribution < 1.29 is 9.53 Å². The Morgan fingerprint density at radius 2 is 1.88 bits per heavy atom. The smallest absolute Gasteiger partial charge is 0.328 e. The van der Waals surface area contributed by atoms with Crippen LogP contribution in [-0.4, -0.2) is 12.0 Å². The number of carbonyl (C=O) groups is 1. The Labute approximate surface area is 93.8 Å². The van der Waals surface area contributed by atoms with Crippen molar-refractivity contribution in [1.29, 1.82) is 0 Å². The van der Waals surface area contributed by atoms with Gasteiger partial charge in [-0.1, -0.05) is 30.3 Å². The van der Waals surface area contributed by atoms with Gasteiger partial charge in [-0.15, -0.1) is 0 Å². The molecule has 0 aliphatic rings. The second kappa shape index (κ2) is 4.33. The topological polar surface area (TPSA) is 52.3 Å². The van der Waals surface area contributed by atoms with Crippen LogP contribution >= 0.6 is 0 Å². The molecule has 0 unspecified atom stereocenters. The largest absolute Gasteiger partial charge is 0.425 e. The summed E-state index contributed by atoms with van der Waals surface area (Å²) >= 11 is 0. The summed E-state index contributed by atoms with van der Waals surface area (Å²) in [4.78, 5) is 11.3. The van der Waals surface area contributed by atoms with E-state index in [1.807, 2.05) is 36.4 Å². The van der Waals surface area contributed by atoms with Gasteiger partial charge in [0, 0.05) is 0 Å². The quantitative estimate of drug-likeness (QED) is 0.616. The average molecular weight is 215 g/mol. The second-order valence-electron chi connectivity index (χ2n) is 3.72. The molecule has 16 heavy (non-hydrogen) atoms. The predicted molar refractivity (Wildman–Crippen MR) is 63.2 cm³/mol. The lowest BCUT2D eigenvalue weighted by molar-refractivity contribution is -0.135. The zero-order chi connectivity index (χ0) is 11.5.